The predicted octanol–water partition coefficient (Wildman–Crippen LogP) is 2.53. The van der Waals surface area contributed by atoms with Gasteiger partial charge in [0.05, 0.1) is 11.3 Å². The highest BCUT2D eigenvalue weighted by Gasteiger charge is 2.33. The summed E-state index contributed by atoms with van der Waals surface area (Å²) in [6.07, 6.45) is -4.18. The Hall–Kier alpha value is -1.08. The van der Waals surface area contributed by atoms with Crippen molar-refractivity contribution in [2.75, 3.05) is 11.4 Å². The van der Waals surface area contributed by atoms with E-state index in [4.69, 9.17) is 5.73 Å². The van der Waals surface area contributed by atoms with Crippen LogP contribution in [0.5, 0.6) is 0 Å². The van der Waals surface area contributed by atoms with Crippen LogP contribution in [0.2, 0.25) is 0 Å². The standard InChI is InChI=1S/C11H10BrF3N2O/c12-8-3-6(11(13,14)15)1-2-9(8)17-5-7(16)4-10(17)18/h1-3,7H,4-5,16H2. The van der Waals surface area contributed by atoms with Gasteiger partial charge in [-0.15, -0.1) is 0 Å². The topological polar surface area (TPSA) is 46.3 Å². The van der Waals surface area contributed by atoms with Crippen molar-refractivity contribution in [2.45, 2.75) is 18.6 Å². The lowest BCUT2D eigenvalue weighted by molar-refractivity contribution is -0.137. The summed E-state index contributed by atoms with van der Waals surface area (Å²) in [6.45, 7) is 0.322. The molecule has 0 aromatic heterocycles. The van der Waals surface area contributed by atoms with Crippen molar-refractivity contribution in [1.29, 1.82) is 0 Å². The van der Waals surface area contributed by atoms with E-state index in [2.05, 4.69) is 15.9 Å². The minimum absolute atomic E-state index is 0.178. The molecule has 98 valence electrons. The highest BCUT2D eigenvalue weighted by Crippen LogP contribution is 2.36. The van der Waals surface area contributed by atoms with E-state index in [9.17, 15) is 18.0 Å². The Morgan fingerprint density at radius 1 is 1.39 bits per heavy atom. The molecule has 1 amide bonds. The van der Waals surface area contributed by atoms with E-state index in [1.54, 1.807) is 0 Å². The van der Waals surface area contributed by atoms with Crippen molar-refractivity contribution in [2.24, 2.45) is 5.73 Å². The maximum absolute atomic E-state index is 12.5. The molecule has 1 aromatic rings. The monoisotopic (exact) mass is 322 g/mol. The molecule has 18 heavy (non-hydrogen) atoms. The molecule has 0 aliphatic carbocycles. The Morgan fingerprint density at radius 2 is 2.06 bits per heavy atom. The quantitative estimate of drug-likeness (QED) is 0.863. The Balaban J connectivity index is 2.34. The van der Waals surface area contributed by atoms with Gasteiger partial charge in [0.15, 0.2) is 0 Å². The number of benzene rings is 1. The number of alkyl halides is 3. The number of hydrogen-bond acceptors (Lipinski definition) is 2. The van der Waals surface area contributed by atoms with E-state index in [1.165, 1.54) is 11.0 Å². The number of rotatable bonds is 1. The molecule has 1 unspecified atom stereocenters. The van der Waals surface area contributed by atoms with Crippen molar-refractivity contribution < 1.29 is 18.0 Å². The van der Waals surface area contributed by atoms with Crippen molar-refractivity contribution in [1.82, 2.24) is 0 Å². The van der Waals surface area contributed by atoms with Gasteiger partial charge in [0.25, 0.3) is 0 Å². The summed E-state index contributed by atoms with van der Waals surface area (Å²) in [5, 5.41) is 0. The van der Waals surface area contributed by atoms with Gasteiger partial charge < -0.3 is 10.6 Å². The van der Waals surface area contributed by atoms with Crippen LogP contribution in [0.3, 0.4) is 0 Å². The van der Waals surface area contributed by atoms with Crippen molar-refractivity contribution >= 4 is 27.5 Å². The first kappa shape index (κ1) is 13.4. The number of carbonyl (C=O) groups excluding carboxylic acids is 1. The molecule has 1 heterocycles. The van der Waals surface area contributed by atoms with Crippen molar-refractivity contribution in [3.63, 3.8) is 0 Å². The first-order valence-corrected chi connectivity index (χ1v) is 6.01. The smallest absolute Gasteiger partial charge is 0.326 e. The van der Waals surface area contributed by atoms with Crippen molar-refractivity contribution in [3.8, 4) is 0 Å². The highest BCUT2D eigenvalue weighted by molar-refractivity contribution is 9.10. The van der Waals surface area contributed by atoms with Gasteiger partial charge in [-0.1, -0.05) is 0 Å². The number of halogens is 4. The highest BCUT2D eigenvalue weighted by atomic mass is 79.9. The van der Waals surface area contributed by atoms with Crippen LogP contribution in [0, 0.1) is 0 Å². The van der Waals surface area contributed by atoms with E-state index in [0.29, 0.717) is 12.2 Å². The van der Waals surface area contributed by atoms with Gasteiger partial charge in [0, 0.05) is 23.5 Å². The third-order valence-electron chi connectivity index (χ3n) is 2.72. The molecule has 1 atom stereocenters. The molecule has 0 bridgehead atoms. The number of anilines is 1. The van der Waals surface area contributed by atoms with Crippen LogP contribution in [-0.4, -0.2) is 18.5 Å². The second-order valence-electron chi connectivity index (χ2n) is 4.13. The van der Waals surface area contributed by atoms with E-state index >= 15 is 0 Å². The van der Waals surface area contributed by atoms with Crippen LogP contribution in [0.1, 0.15) is 12.0 Å². The summed E-state index contributed by atoms with van der Waals surface area (Å²) in [4.78, 5) is 13.0. The molecular weight excluding hydrogens is 313 g/mol. The predicted molar refractivity (Wildman–Crippen MR) is 64.1 cm³/mol. The van der Waals surface area contributed by atoms with Crippen molar-refractivity contribution in [3.05, 3.63) is 28.2 Å². The van der Waals surface area contributed by atoms with Crippen LogP contribution in [-0.2, 0) is 11.0 Å². The van der Waals surface area contributed by atoms with Gasteiger partial charge in [-0.25, -0.2) is 0 Å². The number of nitrogens with two attached hydrogens (primary N) is 1. The molecule has 0 saturated carbocycles. The van der Waals surface area contributed by atoms with E-state index < -0.39 is 11.7 Å². The van der Waals surface area contributed by atoms with Crippen LogP contribution >= 0.6 is 15.9 Å². The molecule has 2 N–H and O–H groups in total. The maximum Gasteiger partial charge on any atom is 0.416 e. The maximum atomic E-state index is 12.5. The minimum Gasteiger partial charge on any atom is -0.326 e. The zero-order valence-electron chi connectivity index (χ0n) is 9.17. The Labute approximate surface area is 110 Å². The minimum atomic E-state index is -4.40. The zero-order chi connectivity index (χ0) is 13.5. The van der Waals surface area contributed by atoms with Gasteiger partial charge >= 0.3 is 6.18 Å². The molecule has 1 aliphatic heterocycles. The summed E-state index contributed by atoms with van der Waals surface area (Å²) in [5.74, 6) is -0.178. The molecule has 0 radical (unpaired) electrons. The SMILES string of the molecule is NC1CC(=O)N(c2ccc(C(F)(F)F)cc2Br)C1. The number of nitrogens with zero attached hydrogens (tertiary/aromatic N) is 1. The lowest BCUT2D eigenvalue weighted by Gasteiger charge is -2.19. The molecule has 1 aromatic carbocycles. The normalized spacial score (nSPS) is 20.6. The van der Waals surface area contributed by atoms with Gasteiger partial charge in [-0.05, 0) is 34.1 Å². The lowest BCUT2D eigenvalue weighted by Crippen LogP contribution is -2.28. The molecule has 3 nitrogen and oxygen atoms in total. The van der Waals surface area contributed by atoms with Crippen LogP contribution in [0.15, 0.2) is 22.7 Å². The fraction of sp³-hybridized carbons (Fsp3) is 0.364. The Kier molecular flexibility index (Phi) is 3.37. The van der Waals surface area contributed by atoms with Crippen LogP contribution in [0.25, 0.3) is 0 Å². The van der Waals surface area contributed by atoms with Crippen LogP contribution in [0.4, 0.5) is 18.9 Å². The first-order chi connectivity index (χ1) is 8.29. The summed E-state index contributed by atoms with van der Waals surface area (Å²) >= 11 is 3.06. The summed E-state index contributed by atoms with van der Waals surface area (Å²) in [6, 6.07) is 2.93. The Bertz CT molecular complexity index is 490. The lowest BCUT2D eigenvalue weighted by atomic mass is 10.2. The number of carbonyl (C=O) groups is 1. The fourth-order valence-corrected chi connectivity index (χ4v) is 2.46. The van der Waals surface area contributed by atoms with Gasteiger partial charge in [-0.2, -0.15) is 13.2 Å². The van der Waals surface area contributed by atoms with Gasteiger partial charge in [0.2, 0.25) is 5.91 Å². The summed E-state index contributed by atoms with van der Waals surface area (Å²) in [5.41, 5.74) is 5.31. The first-order valence-electron chi connectivity index (χ1n) is 5.21. The van der Waals surface area contributed by atoms with E-state index in [-0.39, 0.29) is 22.8 Å². The molecule has 7 heteroatoms. The van der Waals surface area contributed by atoms with Crippen LogP contribution < -0.4 is 10.6 Å². The molecule has 1 fully saturated rings. The van der Waals surface area contributed by atoms with Gasteiger partial charge in [-0.3, -0.25) is 4.79 Å². The zero-order valence-corrected chi connectivity index (χ0v) is 10.8. The van der Waals surface area contributed by atoms with E-state index in [0.717, 1.165) is 12.1 Å². The second kappa shape index (κ2) is 4.55. The average molecular weight is 323 g/mol. The third-order valence-corrected chi connectivity index (χ3v) is 3.36. The molecule has 0 spiro atoms. The van der Waals surface area contributed by atoms with E-state index in [1.807, 2.05) is 0 Å². The summed E-state index contributed by atoms with van der Waals surface area (Å²) in [7, 11) is 0. The molecule has 1 aliphatic rings. The molecular formula is C11H10BrF3N2O. The van der Waals surface area contributed by atoms with Gasteiger partial charge in [0.1, 0.15) is 0 Å². The largest absolute Gasteiger partial charge is 0.416 e. The Morgan fingerprint density at radius 3 is 2.50 bits per heavy atom. The number of amides is 1. The number of hydrogen-bond donors (Lipinski definition) is 1. The fourth-order valence-electron chi connectivity index (χ4n) is 1.87. The second-order valence-corrected chi connectivity index (χ2v) is 4.99. The average Bonchev–Trinajstić information content (AvgIpc) is 2.56. The summed E-state index contributed by atoms with van der Waals surface area (Å²) < 4.78 is 37.7. The molecule has 1 saturated heterocycles. The third kappa shape index (κ3) is 2.51. The molecule has 2 rings (SSSR count).